The van der Waals surface area contributed by atoms with Gasteiger partial charge in [-0.05, 0) is 24.3 Å². The van der Waals surface area contributed by atoms with E-state index in [1.807, 2.05) is 6.92 Å². The third-order valence-electron chi connectivity index (χ3n) is 3.11. The van der Waals surface area contributed by atoms with Gasteiger partial charge in [-0.15, -0.1) is 0 Å². The number of aryl methyl sites for hydroxylation is 1. The van der Waals surface area contributed by atoms with Crippen LogP contribution in [-0.2, 0) is 12.6 Å². The number of amides is 1. The van der Waals surface area contributed by atoms with Crippen LogP contribution >= 0.6 is 11.8 Å². The first-order valence-electron chi connectivity index (χ1n) is 6.74. The largest absolute Gasteiger partial charge is 0.434 e. The summed E-state index contributed by atoms with van der Waals surface area (Å²) in [5.41, 5.74) is -0.525. The lowest BCUT2D eigenvalue weighted by atomic mass is 10.1. The van der Waals surface area contributed by atoms with Crippen LogP contribution in [0.15, 0.2) is 35.6 Å². The average Bonchev–Trinajstić information content (AvgIpc) is 2.53. The van der Waals surface area contributed by atoms with Gasteiger partial charge in [0, 0.05) is 11.9 Å². The van der Waals surface area contributed by atoms with E-state index in [2.05, 4.69) is 15.3 Å². The van der Waals surface area contributed by atoms with Gasteiger partial charge in [0.2, 0.25) is 0 Å². The summed E-state index contributed by atoms with van der Waals surface area (Å²) in [4.78, 5) is 19.5. The van der Waals surface area contributed by atoms with Crippen molar-refractivity contribution < 1.29 is 18.0 Å². The van der Waals surface area contributed by atoms with Crippen molar-refractivity contribution >= 4 is 23.4 Å². The van der Waals surface area contributed by atoms with E-state index < -0.39 is 23.3 Å². The lowest BCUT2D eigenvalue weighted by Gasteiger charge is -2.13. The van der Waals surface area contributed by atoms with Gasteiger partial charge >= 0.3 is 6.18 Å². The van der Waals surface area contributed by atoms with Gasteiger partial charge in [-0.25, -0.2) is 9.97 Å². The van der Waals surface area contributed by atoms with Crippen LogP contribution in [0, 0.1) is 0 Å². The molecule has 2 rings (SSSR count). The number of carbonyl (C=O) groups is 1. The number of carbonyl (C=O) groups excluding carboxylic acids is 1. The highest BCUT2D eigenvalue weighted by Crippen LogP contribution is 2.31. The second kappa shape index (κ2) is 6.99. The molecule has 0 bridgehead atoms. The lowest BCUT2D eigenvalue weighted by molar-refractivity contribution is -0.142. The van der Waals surface area contributed by atoms with Crippen LogP contribution in [0.25, 0.3) is 0 Å². The van der Waals surface area contributed by atoms with E-state index in [0.717, 1.165) is 23.5 Å². The number of halogens is 3. The summed E-state index contributed by atoms with van der Waals surface area (Å²) in [6, 6.07) is 6.94. The van der Waals surface area contributed by atoms with Crippen LogP contribution in [0.5, 0.6) is 0 Å². The highest BCUT2D eigenvalue weighted by Gasteiger charge is 2.38. The molecule has 1 heterocycles. The number of anilines is 1. The van der Waals surface area contributed by atoms with Crippen molar-refractivity contribution in [3.05, 3.63) is 47.3 Å². The smallest absolute Gasteiger partial charge is 0.322 e. The molecule has 2 aromatic rings. The second-order valence-corrected chi connectivity index (χ2v) is 5.35. The number of alkyl halides is 3. The lowest BCUT2D eigenvalue weighted by Crippen LogP contribution is -2.21. The Morgan fingerprint density at radius 1 is 1.30 bits per heavy atom. The Morgan fingerprint density at radius 3 is 2.61 bits per heavy atom. The van der Waals surface area contributed by atoms with Gasteiger partial charge in [0.25, 0.3) is 5.91 Å². The van der Waals surface area contributed by atoms with Crippen LogP contribution in [0.3, 0.4) is 0 Å². The fourth-order valence-electron chi connectivity index (χ4n) is 1.99. The summed E-state index contributed by atoms with van der Waals surface area (Å²) in [6.45, 7) is 1.89. The molecule has 0 aliphatic rings. The number of benzene rings is 1. The monoisotopic (exact) mass is 341 g/mol. The van der Waals surface area contributed by atoms with Crippen molar-refractivity contribution in [2.24, 2.45) is 0 Å². The Bertz CT molecular complexity index is 719. The van der Waals surface area contributed by atoms with Crippen molar-refractivity contribution in [1.29, 1.82) is 0 Å². The molecule has 0 aliphatic heterocycles. The number of aromatic nitrogens is 2. The maximum absolute atomic E-state index is 13.1. The van der Waals surface area contributed by atoms with Gasteiger partial charge in [0.05, 0.1) is 5.56 Å². The molecule has 4 nitrogen and oxygen atoms in total. The first-order valence-corrected chi connectivity index (χ1v) is 7.96. The van der Waals surface area contributed by atoms with Crippen LogP contribution in [-0.4, -0.2) is 22.1 Å². The summed E-state index contributed by atoms with van der Waals surface area (Å²) in [5, 5.41) is 2.46. The van der Waals surface area contributed by atoms with E-state index in [4.69, 9.17) is 0 Å². The van der Waals surface area contributed by atoms with Crippen molar-refractivity contribution in [2.75, 3.05) is 11.6 Å². The van der Waals surface area contributed by atoms with E-state index >= 15 is 0 Å². The highest BCUT2D eigenvalue weighted by atomic mass is 32.2. The molecule has 0 aliphatic carbocycles. The van der Waals surface area contributed by atoms with Crippen molar-refractivity contribution in [1.82, 2.24) is 9.97 Å². The molecule has 0 fully saturated rings. The van der Waals surface area contributed by atoms with Crippen LogP contribution in [0.1, 0.15) is 28.5 Å². The summed E-state index contributed by atoms with van der Waals surface area (Å²) < 4.78 is 39.4. The zero-order chi connectivity index (χ0) is 17.0. The van der Waals surface area contributed by atoms with Gasteiger partial charge < -0.3 is 5.32 Å². The quantitative estimate of drug-likeness (QED) is 0.674. The zero-order valence-corrected chi connectivity index (χ0v) is 13.3. The third-order valence-corrected chi connectivity index (χ3v) is 3.67. The predicted molar refractivity (Wildman–Crippen MR) is 82.6 cm³/mol. The molecule has 1 N–H and O–H groups in total. The summed E-state index contributed by atoms with van der Waals surface area (Å²) >= 11 is 0.976. The second-order valence-electron chi connectivity index (χ2n) is 4.58. The third kappa shape index (κ3) is 4.01. The molecular weight excluding hydrogens is 327 g/mol. The Balaban J connectivity index is 2.39. The minimum absolute atomic E-state index is 0.0390. The SMILES string of the molecule is CCc1ccccc1NC(=O)c1cnc(SC)nc1C(F)(F)F. The maximum atomic E-state index is 13.1. The molecular formula is C15H14F3N3OS. The molecule has 122 valence electrons. The Labute approximate surface area is 135 Å². The molecule has 23 heavy (non-hydrogen) atoms. The molecule has 0 spiro atoms. The number of hydrogen-bond donors (Lipinski definition) is 1. The van der Waals surface area contributed by atoms with E-state index in [1.54, 1.807) is 30.5 Å². The standard InChI is InChI=1S/C15H14F3N3OS/c1-3-9-6-4-5-7-11(9)20-13(22)10-8-19-14(23-2)21-12(10)15(16,17)18/h4-8H,3H2,1-2H3,(H,20,22). The van der Waals surface area contributed by atoms with E-state index in [1.165, 1.54) is 0 Å². The molecule has 1 aromatic heterocycles. The fourth-order valence-corrected chi connectivity index (χ4v) is 2.33. The minimum atomic E-state index is -4.73. The molecule has 1 amide bonds. The Kier molecular flexibility index (Phi) is 5.25. The number of nitrogens with one attached hydrogen (secondary N) is 1. The van der Waals surface area contributed by atoms with Gasteiger partial charge in [-0.2, -0.15) is 13.2 Å². The molecule has 0 saturated carbocycles. The predicted octanol–water partition coefficient (Wildman–Crippen LogP) is 4.03. The zero-order valence-electron chi connectivity index (χ0n) is 12.4. The Morgan fingerprint density at radius 2 is 2.00 bits per heavy atom. The molecule has 0 atom stereocenters. The number of rotatable bonds is 4. The van der Waals surface area contributed by atoms with Gasteiger partial charge in [-0.3, -0.25) is 4.79 Å². The van der Waals surface area contributed by atoms with E-state index in [-0.39, 0.29) is 5.16 Å². The average molecular weight is 341 g/mol. The van der Waals surface area contributed by atoms with Crippen molar-refractivity contribution in [3.8, 4) is 0 Å². The number of para-hydroxylation sites is 1. The normalized spacial score (nSPS) is 11.3. The van der Waals surface area contributed by atoms with Crippen molar-refractivity contribution in [2.45, 2.75) is 24.7 Å². The van der Waals surface area contributed by atoms with Gasteiger partial charge in [-0.1, -0.05) is 36.9 Å². The highest BCUT2D eigenvalue weighted by molar-refractivity contribution is 7.98. The summed E-state index contributed by atoms with van der Waals surface area (Å²) in [6.07, 6.45) is -1.62. The maximum Gasteiger partial charge on any atom is 0.434 e. The molecule has 0 saturated heterocycles. The van der Waals surface area contributed by atoms with Crippen LogP contribution in [0.4, 0.5) is 18.9 Å². The summed E-state index contributed by atoms with van der Waals surface area (Å²) in [5.74, 6) is -0.883. The Hall–Kier alpha value is -2.09. The molecule has 8 heteroatoms. The van der Waals surface area contributed by atoms with Gasteiger partial charge in [0.1, 0.15) is 0 Å². The molecule has 0 radical (unpaired) electrons. The molecule has 0 unspecified atom stereocenters. The van der Waals surface area contributed by atoms with Crippen LogP contribution < -0.4 is 5.32 Å². The van der Waals surface area contributed by atoms with E-state index in [0.29, 0.717) is 12.1 Å². The summed E-state index contributed by atoms with van der Waals surface area (Å²) in [7, 11) is 0. The van der Waals surface area contributed by atoms with Gasteiger partial charge in [0.15, 0.2) is 10.9 Å². The topological polar surface area (TPSA) is 54.9 Å². The number of nitrogens with zero attached hydrogens (tertiary/aromatic N) is 2. The molecule has 1 aromatic carbocycles. The first-order chi connectivity index (χ1) is 10.9. The number of thioether (sulfide) groups is 1. The van der Waals surface area contributed by atoms with Crippen LogP contribution in [0.2, 0.25) is 0 Å². The van der Waals surface area contributed by atoms with E-state index in [9.17, 15) is 18.0 Å². The minimum Gasteiger partial charge on any atom is -0.322 e. The van der Waals surface area contributed by atoms with Crippen molar-refractivity contribution in [3.63, 3.8) is 0 Å². The fraction of sp³-hybridized carbons (Fsp3) is 0.267. The number of hydrogen-bond acceptors (Lipinski definition) is 4. The first kappa shape index (κ1) is 17.3.